The van der Waals surface area contributed by atoms with Crippen molar-refractivity contribution in [3.8, 4) is 0 Å². The largest absolute Gasteiger partial charge is 0.352 e. The number of rotatable bonds is 4. The van der Waals surface area contributed by atoms with Gasteiger partial charge in [-0.05, 0) is 18.9 Å². The van der Waals surface area contributed by atoms with Gasteiger partial charge in [0.2, 0.25) is 5.91 Å². The number of carbonyl (C=O) groups is 2. The minimum atomic E-state index is -0.993. The van der Waals surface area contributed by atoms with Crippen LogP contribution < -0.4 is 10.6 Å². The molecule has 1 saturated heterocycles. The molecule has 25 heavy (non-hydrogen) atoms. The van der Waals surface area contributed by atoms with Crippen LogP contribution in [0.25, 0.3) is 0 Å². The third-order valence-corrected chi connectivity index (χ3v) is 7.23. The molecule has 1 aromatic carbocycles. The maximum absolute atomic E-state index is 12.7. The lowest BCUT2D eigenvalue weighted by Gasteiger charge is -2.41. The quantitative estimate of drug-likeness (QED) is 0.832. The fourth-order valence-corrected chi connectivity index (χ4v) is 4.74. The van der Waals surface area contributed by atoms with Gasteiger partial charge in [0.1, 0.15) is 6.04 Å². The van der Waals surface area contributed by atoms with Crippen molar-refractivity contribution in [1.82, 2.24) is 15.5 Å². The summed E-state index contributed by atoms with van der Waals surface area (Å²) in [4.78, 5) is 26.6. The Hall–Kier alpha value is -1.60. The molecule has 3 rings (SSSR count). The highest BCUT2D eigenvalue weighted by Crippen LogP contribution is 2.36. The van der Waals surface area contributed by atoms with Crippen LogP contribution in [0, 0.1) is 0 Å². The maximum atomic E-state index is 12.7. The number of halogens is 1. The summed E-state index contributed by atoms with van der Waals surface area (Å²) in [6, 6.07) is 5.96. The van der Waals surface area contributed by atoms with E-state index in [4.69, 9.17) is 11.6 Å². The van der Waals surface area contributed by atoms with E-state index in [1.807, 2.05) is 0 Å². The summed E-state index contributed by atoms with van der Waals surface area (Å²) in [7, 11) is -0.993. The lowest BCUT2D eigenvalue weighted by atomic mass is 9.84. The number of nitrogens with one attached hydrogen (secondary N) is 2. The number of urea groups is 1. The molecule has 0 radical (unpaired) electrons. The number of piperazine rings is 1. The number of hydrogen-bond donors (Lipinski definition) is 2. The number of nitrogens with zero attached hydrogens (tertiary/aromatic N) is 1. The molecule has 2 aliphatic rings. The van der Waals surface area contributed by atoms with Crippen LogP contribution in [0.15, 0.2) is 24.3 Å². The van der Waals surface area contributed by atoms with Crippen LogP contribution in [0.4, 0.5) is 4.79 Å². The third-order valence-electron chi connectivity index (χ3n) is 5.11. The van der Waals surface area contributed by atoms with E-state index in [0.717, 1.165) is 19.3 Å². The van der Waals surface area contributed by atoms with Gasteiger partial charge in [-0.2, -0.15) is 0 Å². The first kappa shape index (κ1) is 18.2. The van der Waals surface area contributed by atoms with E-state index in [1.165, 1.54) is 4.90 Å². The zero-order valence-corrected chi connectivity index (χ0v) is 15.7. The SMILES string of the molecule is CS(=O)C1(CNC(=O)N2CCNC(=O)C2c2ccccc2Cl)CCC1. The van der Waals surface area contributed by atoms with Crippen LogP contribution in [0.5, 0.6) is 0 Å². The average molecular weight is 384 g/mol. The van der Waals surface area contributed by atoms with Crippen molar-refractivity contribution in [2.75, 3.05) is 25.9 Å². The van der Waals surface area contributed by atoms with Crippen molar-refractivity contribution >= 4 is 34.3 Å². The second-order valence-electron chi connectivity index (χ2n) is 6.56. The third kappa shape index (κ3) is 3.53. The van der Waals surface area contributed by atoms with Crippen molar-refractivity contribution in [2.45, 2.75) is 30.1 Å². The highest BCUT2D eigenvalue weighted by Gasteiger charge is 2.42. The van der Waals surface area contributed by atoms with Gasteiger partial charge in [0.15, 0.2) is 0 Å². The predicted molar refractivity (Wildman–Crippen MR) is 98.0 cm³/mol. The van der Waals surface area contributed by atoms with Gasteiger partial charge in [-0.3, -0.25) is 9.00 Å². The second kappa shape index (κ2) is 7.33. The number of amides is 3. The topological polar surface area (TPSA) is 78.5 Å². The molecule has 6 nitrogen and oxygen atoms in total. The Balaban J connectivity index is 1.76. The van der Waals surface area contributed by atoms with Gasteiger partial charge < -0.3 is 15.5 Å². The first-order chi connectivity index (χ1) is 11.9. The van der Waals surface area contributed by atoms with Gasteiger partial charge >= 0.3 is 6.03 Å². The summed E-state index contributed by atoms with van der Waals surface area (Å²) in [6.07, 6.45) is 4.42. The van der Waals surface area contributed by atoms with Gasteiger partial charge in [-0.25, -0.2) is 4.79 Å². The molecule has 1 aliphatic heterocycles. The van der Waals surface area contributed by atoms with Crippen LogP contribution in [0.3, 0.4) is 0 Å². The molecule has 0 spiro atoms. The van der Waals surface area contributed by atoms with E-state index >= 15 is 0 Å². The normalized spacial score (nSPS) is 23.4. The molecule has 0 bridgehead atoms. The van der Waals surface area contributed by atoms with Crippen molar-refractivity contribution in [1.29, 1.82) is 0 Å². The van der Waals surface area contributed by atoms with Crippen LogP contribution in [0.2, 0.25) is 5.02 Å². The highest BCUT2D eigenvalue weighted by atomic mass is 35.5. The Morgan fingerprint density at radius 2 is 2.16 bits per heavy atom. The molecule has 3 amide bonds. The van der Waals surface area contributed by atoms with E-state index in [-0.39, 0.29) is 16.7 Å². The van der Waals surface area contributed by atoms with Gasteiger partial charge in [0.05, 0.1) is 4.75 Å². The van der Waals surface area contributed by atoms with Crippen molar-refractivity contribution < 1.29 is 13.8 Å². The van der Waals surface area contributed by atoms with E-state index in [2.05, 4.69) is 10.6 Å². The fourth-order valence-electron chi connectivity index (χ4n) is 3.37. The summed E-state index contributed by atoms with van der Waals surface area (Å²) < 4.78 is 11.7. The van der Waals surface area contributed by atoms with Gasteiger partial charge in [-0.1, -0.05) is 36.2 Å². The Kier molecular flexibility index (Phi) is 5.34. The molecule has 8 heteroatoms. The van der Waals surface area contributed by atoms with Crippen LogP contribution in [0.1, 0.15) is 30.9 Å². The van der Waals surface area contributed by atoms with Crippen LogP contribution in [-0.2, 0) is 15.6 Å². The lowest BCUT2D eigenvalue weighted by Crippen LogP contribution is -2.58. The Bertz CT molecular complexity index is 708. The minimum Gasteiger partial charge on any atom is -0.352 e. The monoisotopic (exact) mass is 383 g/mol. The molecule has 1 saturated carbocycles. The lowest BCUT2D eigenvalue weighted by molar-refractivity contribution is -0.127. The molecule has 2 atom stereocenters. The number of carbonyl (C=O) groups excluding carboxylic acids is 2. The summed E-state index contributed by atoms with van der Waals surface area (Å²) in [5.41, 5.74) is 0.606. The molecule has 1 heterocycles. The summed E-state index contributed by atoms with van der Waals surface area (Å²) in [6.45, 7) is 1.16. The van der Waals surface area contributed by atoms with Gasteiger partial charge in [0.25, 0.3) is 0 Å². The zero-order chi connectivity index (χ0) is 18.0. The van der Waals surface area contributed by atoms with Crippen LogP contribution >= 0.6 is 11.6 Å². The fraction of sp³-hybridized carbons (Fsp3) is 0.529. The Morgan fingerprint density at radius 3 is 2.76 bits per heavy atom. The molecule has 2 fully saturated rings. The van der Waals surface area contributed by atoms with Crippen molar-refractivity contribution in [2.24, 2.45) is 0 Å². The Labute approximate surface area is 154 Å². The summed E-state index contributed by atoms with van der Waals surface area (Å²) in [5, 5.41) is 6.13. The van der Waals surface area contributed by atoms with Crippen molar-refractivity contribution in [3.63, 3.8) is 0 Å². The van der Waals surface area contributed by atoms with Crippen LogP contribution in [-0.4, -0.2) is 51.7 Å². The average Bonchev–Trinajstić information content (AvgIpc) is 2.54. The standard InChI is InChI=1S/C17H22ClN3O3S/c1-25(24)17(7-4-8-17)11-20-16(23)21-10-9-19-15(22)14(21)12-5-2-3-6-13(12)18/h2-3,5-6,14H,4,7-11H2,1H3,(H,19,22)(H,20,23). The molecule has 0 aromatic heterocycles. The highest BCUT2D eigenvalue weighted by molar-refractivity contribution is 7.85. The van der Waals surface area contributed by atoms with E-state index in [1.54, 1.807) is 30.5 Å². The van der Waals surface area contributed by atoms with E-state index in [0.29, 0.717) is 30.2 Å². The van der Waals surface area contributed by atoms with Crippen molar-refractivity contribution in [3.05, 3.63) is 34.9 Å². The second-order valence-corrected chi connectivity index (χ2v) is 8.74. The molecular formula is C17H22ClN3O3S. The van der Waals surface area contributed by atoms with E-state index in [9.17, 15) is 13.8 Å². The predicted octanol–water partition coefficient (Wildman–Crippen LogP) is 1.82. The first-order valence-electron chi connectivity index (χ1n) is 8.35. The zero-order valence-electron chi connectivity index (χ0n) is 14.1. The molecule has 2 N–H and O–H groups in total. The molecule has 1 aliphatic carbocycles. The minimum absolute atomic E-state index is 0.244. The number of hydrogen-bond acceptors (Lipinski definition) is 3. The first-order valence-corrected chi connectivity index (χ1v) is 10.3. The molecule has 1 aromatic rings. The maximum Gasteiger partial charge on any atom is 0.318 e. The summed E-state index contributed by atoms with van der Waals surface area (Å²) in [5.74, 6) is -0.244. The molecule has 136 valence electrons. The Morgan fingerprint density at radius 1 is 1.44 bits per heavy atom. The van der Waals surface area contributed by atoms with Gasteiger partial charge in [-0.15, -0.1) is 0 Å². The molecular weight excluding hydrogens is 362 g/mol. The number of benzene rings is 1. The smallest absolute Gasteiger partial charge is 0.318 e. The van der Waals surface area contributed by atoms with E-state index < -0.39 is 16.8 Å². The van der Waals surface area contributed by atoms with Gasteiger partial charge in [0, 0.05) is 47.3 Å². The summed E-state index contributed by atoms with van der Waals surface area (Å²) >= 11 is 6.24. The molecule has 2 unspecified atom stereocenters.